The van der Waals surface area contributed by atoms with Crippen molar-refractivity contribution in [2.45, 2.75) is 110 Å². The van der Waals surface area contributed by atoms with Crippen LogP contribution in [-0.4, -0.2) is 68.4 Å². The molecular formula is C33H46ClN7O4Si. The van der Waals surface area contributed by atoms with Gasteiger partial charge in [-0.25, -0.2) is 4.79 Å². The largest absolute Gasteiger partial charge is 0.444 e. The Morgan fingerprint density at radius 3 is 2.61 bits per heavy atom. The smallest absolute Gasteiger partial charge is 0.407 e. The Labute approximate surface area is 275 Å². The number of hydrogen-bond acceptors (Lipinski definition) is 7. The van der Waals surface area contributed by atoms with Crippen molar-refractivity contribution in [3.05, 3.63) is 39.9 Å². The van der Waals surface area contributed by atoms with Gasteiger partial charge in [0.1, 0.15) is 12.3 Å². The summed E-state index contributed by atoms with van der Waals surface area (Å²) in [5.41, 5.74) is 2.10. The van der Waals surface area contributed by atoms with Crippen molar-refractivity contribution in [3.8, 4) is 11.1 Å². The van der Waals surface area contributed by atoms with Gasteiger partial charge in [-0.15, -0.1) is 0 Å². The van der Waals surface area contributed by atoms with E-state index in [4.69, 9.17) is 26.1 Å². The van der Waals surface area contributed by atoms with Crippen molar-refractivity contribution in [1.29, 1.82) is 0 Å². The van der Waals surface area contributed by atoms with Crippen molar-refractivity contribution >= 4 is 53.7 Å². The highest BCUT2D eigenvalue weighted by molar-refractivity contribution is 6.76. The fourth-order valence-corrected chi connectivity index (χ4v) is 7.84. The lowest BCUT2D eigenvalue weighted by Gasteiger charge is -2.28. The first kappa shape index (κ1) is 32.6. The van der Waals surface area contributed by atoms with Crippen LogP contribution >= 0.6 is 11.6 Å². The zero-order valence-corrected chi connectivity index (χ0v) is 29.9. The summed E-state index contributed by atoms with van der Waals surface area (Å²) in [6.45, 7) is 16.2. The molecular weight excluding hydrogens is 622 g/mol. The number of hydrogen-bond donors (Lipinski definition) is 1. The molecule has 3 atom stereocenters. The number of benzene rings is 1. The second kappa shape index (κ2) is 12.0. The molecule has 2 saturated heterocycles. The number of nitrogens with zero attached hydrogens (tertiary/aromatic N) is 6. The summed E-state index contributed by atoms with van der Waals surface area (Å²) >= 11 is 7.03. The topological polar surface area (TPSA) is 108 Å². The van der Waals surface area contributed by atoms with Crippen molar-refractivity contribution in [3.63, 3.8) is 0 Å². The van der Waals surface area contributed by atoms with Gasteiger partial charge >= 0.3 is 6.09 Å². The molecule has 0 saturated carbocycles. The zero-order valence-electron chi connectivity index (χ0n) is 28.2. The number of anilines is 1. The van der Waals surface area contributed by atoms with E-state index in [0.717, 1.165) is 48.3 Å². The summed E-state index contributed by atoms with van der Waals surface area (Å²) in [7, 11) is 0.489. The molecule has 5 heterocycles. The third-order valence-electron chi connectivity index (χ3n) is 9.06. The lowest BCUT2D eigenvalue weighted by atomic mass is 9.96. The van der Waals surface area contributed by atoms with Crippen LogP contribution in [0.1, 0.15) is 47.0 Å². The average molecular weight is 668 g/mol. The van der Waals surface area contributed by atoms with E-state index >= 15 is 0 Å². The highest BCUT2D eigenvalue weighted by atomic mass is 35.5. The fraction of sp³-hybridized carbons (Fsp3) is 0.576. The number of halogens is 1. The molecule has 0 aliphatic carbocycles. The molecule has 1 amide bonds. The minimum atomic E-state index is -1.29. The lowest BCUT2D eigenvalue weighted by molar-refractivity contribution is 0.0497. The monoisotopic (exact) mass is 667 g/mol. The second-order valence-corrected chi connectivity index (χ2v) is 20.9. The Hall–Kier alpha value is -3.35. The van der Waals surface area contributed by atoms with E-state index in [-0.39, 0.29) is 30.4 Å². The second-order valence-electron chi connectivity index (χ2n) is 14.9. The van der Waals surface area contributed by atoms with Crippen LogP contribution < -0.4 is 15.8 Å². The summed E-state index contributed by atoms with van der Waals surface area (Å²) in [4.78, 5) is 34.4. The van der Waals surface area contributed by atoms with E-state index in [9.17, 15) is 9.59 Å². The van der Waals surface area contributed by atoms with E-state index in [2.05, 4.69) is 35.0 Å². The molecule has 2 aliphatic heterocycles. The number of aromatic nitrogens is 5. The molecule has 0 radical (unpaired) electrons. The lowest BCUT2D eigenvalue weighted by Crippen LogP contribution is -2.46. The van der Waals surface area contributed by atoms with Gasteiger partial charge in [-0.3, -0.25) is 14.0 Å². The van der Waals surface area contributed by atoms with Crippen LogP contribution in [0.25, 0.3) is 33.1 Å². The van der Waals surface area contributed by atoms with E-state index in [1.807, 2.05) is 61.5 Å². The maximum absolute atomic E-state index is 14.3. The Balaban J connectivity index is 1.42. The third-order valence-corrected chi connectivity index (χ3v) is 11.2. The molecule has 1 N–H and O–H groups in total. The number of fused-ring (bicyclic) bond motifs is 4. The first-order valence-corrected chi connectivity index (χ1v) is 20.3. The predicted molar refractivity (Wildman–Crippen MR) is 186 cm³/mol. The molecule has 3 aromatic heterocycles. The molecule has 11 nitrogen and oxygen atoms in total. The van der Waals surface area contributed by atoms with E-state index < -0.39 is 19.8 Å². The molecule has 46 heavy (non-hydrogen) atoms. The van der Waals surface area contributed by atoms with E-state index in [1.165, 1.54) is 0 Å². The summed E-state index contributed by atoms with van der Waals surface area (Å²) < 4.78 is 17.2. The highest BCUT2D eigenvalue weighted by Gasteiger charge is 2.49. The summed E-state index contributed by atoms with van der Waals surface area (Å²) in [5, 5.41) is 9.58. The Kier molecular flexibility index (Phi) is 8.52. The Morgan fingerprint density at radius 1 is 1.15 bits per heavy atom. The number of rotatable bonds is 9. The molecule has 0 unspecified atom stereocenters. The maximum atomic E-state index is 14.3. The van der Waals surface area contributed by atoms with Gasteiger partial charge in [-0.2, -0.15) is 10.1 Å². The van der Waals surface area contributed by atoms with Gasteiger partial charge in [-0.1, -0.05) is 37.3 Å². The predicted octanol–water partition coefficient (Wildman–Crippen LogP) is 6.37. The Morgan fingerprint density at radius 2 is 1.91 bits per heavy atom. The van der Waals surface area contributed by atoms with Crippen LogP contribution in [-0.2, 0) is 29.8 Å². The number of aryl methyl sites for hydroxylation is 1. The van der Waals surface area contributed by atoms with Crippen molar-refractivity contribution in [2.24, 2.45) is 7.05 Å². The summed E-state index contributed by atoms with van der Waals surface area (Å²) in [5.74, 6) is 0.595. The van der Waals surface area contributed by atoms with Crippen LogP contribution in [0.4, 0.5) is 10.7 Å². The van der Waals surface area contributed by atoms with Gasteiger partial charge in [-0.05, 0) is 59.1 Å². The van der Waals surface area contributed by atoms with Crippen LogP contribution in [0, 0.1) is 0 Å². The normalized spacial score (nSPS) is 19.9. The SMILES string of the molecule is CCn1cc2c(Cl)c(-c3cn(COCC[Si](C)(C)C)c4nc(N5[C@H]6CC[C@@H]5[C@H](NC(=O)OC(C)(C)C)C6)n(C)c(=O)c34)ccc2n1. The van der Waals surface area contributed by atoms with Crippen molar-refractivity contribution in [1.82, 2.24) is 29.2 Å². The minimum Gasteiger partial charge on any atom is -0.444 e. The molecule has 2 aliphatic rings. The first-order chi connectivity index (χ1) is 21.6. The van der Waals surface area contributed by atoms with Gasteiger partial charge in [0.25, 0.3) is 5.56 Å². The van der Waals surface area contributed by atoms with E-state index in [1.54, 1.807) is 11.6 Å². The number of carbonyl (C=O) groups is 1. The van der Waals surface area contributed by atoms with Gasteiger partial charge in [0.15, 0.2) is 5.65 Å². The highest BCUT2D eigenvalue weighted by Crippen LogP contribution is 2.42. The number of nitrogens with one attached hydrogen (secondary N) is 1. The van der Waals surface area contributed by atoms with Gasteiger partial charge in [0, 0.05) is 63.2 Å². The fourth-order valence-electron chi connectivity index (χ4n) is 6.77. The van der Waals surface area contributed by atoms with Gasteiger partial charge in [0.05, 0.1) is 28.0 Å². The van der Waals surface area contributed by atoms with Crippen molar-refractivity contribution in [2.75, 3.05) is 11.5 Å². The molecule has 248 valence electrons. The maximum Gasteiger partial charge on any atom is 0.407 e. The van der Waals surface area contributed by atoms with Crippen LogP contribution in [0.5, 0.6) is 0 Å². The van der Waals surface area contributed by atoms with Crippen LogP contribution in [0.3, 0.4) is 0 Å². The Bertz CT molecular complexity index is 1850. The summed E-state index contributed by atoms with van der Waals surface area (Å²) in [6, 6.07) is 4.99. The number of alkyl carbamates (subject to hydrolysis) is 1. The minimum absolute atomic E-state index is 0.0101. The van der Waals surface area contributed by atoms with Crippen LogP contribution in [0.2, 0.25) is 30.7 Å². The zero-order chi connectivity index (χ0) is 33.1. The molecule has 2 bridgehead atoms. The molecule has 13 heteroatoms. The number of ether oxygens (including phenoxy) is 2. The molecule has 1 aromatic carbocycles. The summed E-state index contributed by atoms with van der Waals surface area (Å²) in [6.07, 6.45) is 6.10. The van der Waals surface area contributed by atoms with E-state index in [0.29, 0.717) is 34.2 Å². The van der Waals surface area contributed by atoms with Crippen molar-refractivity contribution < 1.29 is 14.3 Å². The molecule has 6 rings (SSSR count). The quantitative estimate of drug-likeness (QED) is 0.163. The number of carbonyl (C=O) groups excluding carboxylic acids is 1. The molecule has 4 aromatic rings. The molecule has 2 fully saturated rings. The standard InChI is InChI=1S/C33H46ClN7O4Si/c1-9-40-18-23-24(37-40)12-11-21(28(23)34)22-17-39(19-44-14-15-46(6,7)8)29-27(22)30(42)38(5)31(36-29)41-20-10-13-26(41)25(16-20)35-32(43)45-33(2,3)4/h11-12,17-18,20,25-26H,9-10,13-16,19H2,1-8H3,(H,35,43)/t20-,25+,26+/m0/s1. The average Bonchev–Trinajstić information content (AvgIpc) is 3.73. The van der Waals surface area contributed by atoms with Crippen LogP contribution in [0.15, 0.2) is 29.3 Å². The molecule has 0 spiro atoms. The van der Waals surface area contributed by atoms with Gasteiger partial charge < -0.3 is 24.3 Å². The third kappa shape index (κ3) is 6.18. The van der Waals surface area contributed by atoms with Gasteiger partial charge in [0.2, 0.25) is 5.95 Å². The first-order valence-electron chi connectivity index (χ1n) is 16.3. The number of amides is 1.